The van der Waals surface area contributed by atoms with E-state index in [0.717, 1.165) is 33.7 Å². The van der Waals surface area contributed by atoms with E-state index in [1.165, 1.54) is 11.6 Å². The summed E-state index contributed by atoms with van der Waals surface area (Å²) in [7, 11) is 3.25. The molecule has 7 nitrogen and oxygen atoms in total. The van der Waals surface area contributed by atoms with Crippen molar-refractivity contribution in [2.75, 3.05) is 14.2 Å². The molecule has 35 heavy (non-hydrogen) atoms. The molecule has 0 saturated carbocycles. The van der Waals surface area contributed by atoms with Crippen LogP contribution in [0.3, 0.4) is 0 Å². The average Bonchev–Trinajstić information content (AvgIpc) is 3.33. The predicted molar refractivity (Wildman–Crippen MR) is 138 cm³/mol. The molecule has 0 radical (unpaired) electrons. The van der Waals surface area contributed by atoms with E-state index in [4.69, 9.17) is 9.47 Å². The molecule has 4 rings (SSSR count). The minimum Gasteiger partial charge on any atom is -0.497 e. The molecule has 1 amide bonds. The molecule has 4 aromatic rings. The van der Waals surface area contributed by atoms with E-state index in [1.807, 2.05) is 71.3 Å². The first-order valence-electron chi connectivity index (χ1n) is 11.0. The Bertz CT molecular complexity index is 1270. The van der Waals surface area contributed by atoms with Gasteiger partial charge in [-0.1, -0.05) is 54.2 Å². The number of nitrogens with one attached hydrogen (secondary N) is 1. The molecular weight excluding hydrogens is 460 g/mol. The molecule has 0 atom stereocenters. The summed E-state index contributed by atoms with van der Waals surface area (Å²) in [5.74, 6) is 2.70. The zero-order valence-electron chi connectivity index (χ0n) is 19.5. The largest absolute Gasteiger partial charge is 0.497 e. The number of nitrogens with zero attached hydrogens (tertiary/aromatic N) is 3. The minimum absolute atomic E-state index is 0.219. The van der Waals surface area contributed by atoms with Crippen molar-refractivity contribution in [3.05, 3.63) is 102 Å². The minimum atomic E-state index is -0.219. The van der Waals surface area contributed by atoms with Crippen molar-refractivity contribution >= 4 is 23.7 Å². The van der Waals surface area contributed by atoms with Crippen molar-refractivity contribution in [1.82, 2.24) is 20.1 Å². The van der Waals surface area contributed by atoms with Gasteiger partial charge in [0.25, 0.3) is 0 Å². The fourth-order valence-electron chi connectivity index (χ4n) is 3.33. The van der Waals surface area contributed by atoms with Crippen molar-refractivity contribution in [2.24, 2.45) is 0 Å². The summed E-state index contributed by atoms with van der Waals surface area (Å²) >= 11 is 1.59. The maximum atomic E-state index is 12.5. The summed E-state index contributed by atoms with van der Waals surface area (Å²) in [6.45, 7) is 0.233. The highest BCUT2D eigenvalue weighted by Gasteiger charge is 2.15. The molecule has 0 saturated heterocycles. The Morgan fingerprint density at radius 1 is 0.914 bits per heavy atom. The van der Waals surface area contributed by atoms with E-state index in [2.05, 4.69) is 27.6 Å². The highest BCUT2D eigenvalue weighted by molar-refractivity contribution is 7.98. The van der Waals surface area contributed by atoms with Crippen LogP contribution in [0, 0.1) is 0 Å². The molecule has 3 aromatic carbocycles. The summed E-state index contributed by atoms with van der Waals surface area (Å²) in [5.41, 5.74) is 2.99. The van der Waals surface area contributed by atoms with Crippen LogP contribution < -0.4 is 14.8 Å². The number of amides is 1. The van der Waals surface area contributed by atoms with Crippen LogP contribution in [-0.2, 0) is 17.1 Å². The van der Waals surface area contributed by atoms with Crippen molar-refractivity contribution < 1.29 is 14.3 Å². The van der Waals surface area contributed by atoms with Gasteiger partial charge < -0.3 is 14.8 Å². The Kier molecular flexibility index (Phi) is 8.19. The molecule has 8 heteroatoms. The normalized spacial score (nSPS) is 10.9. The fraction of sp³-hybridized carbons (Fsp3) is 0.148. The molecule has 0 aliphatic heterocycles. The highest BCUT2D eigenvalue weighted by Crippen LogP contribution is 2.26. The van der Waals surface area contributed by atoms with Gasteiger partial charge in [-0.3, -0.25) is 9.36 Å². The zero-order valence-corrected chi connectivity index (χ0v) is 20.4. The molecule has 0 aliphatic rings. The number of carbonyl (C=O) groups is 1. The van der Waals surface area contributed by atoms with Gasteiger partial charge in [-0.05, 0) is 53.6 Å². The van der Waals surface area contributed by atoms with Gasteiger partial charge in [0, 0.05) is 17.5 Å². The third kappa shape index (κ3) is 6.51. The van der Waals surface area contributed by atoms with Gasteiger partial charge in [0.1, 0.15) is 11.5 Å². The third-order valence-corrected chi connectivity index (χ3v) is 6.21. The lowest BCUT2D eigenvalue weighted by molar-refractivity contribution is -0.116. The number of methoxy groups -OCH3 is 2. The number of aromatic nitrogens is 3. The number of thioether (sulfide) groups is 1. The lowest BCUT2D eigenvalue weighted by atomic mass is 10.2. The van der Waals surface area contributed by atoms with E-state index in [-0.39, 0.29) is 12.5 Å². The van der Waals surface area contributed by atoms with Crippen LogP contribution in [0.2, 0.25) is 0 Å². The Morgan fingerprint density at radius 3 is 2.23 bits per heavy atom. The van der Waals surface area contributed by atoms with Crippen LogP contribution >= 0.6 is 11.8 Å². The van der Waals surface area contributed by atoms with Crippen LogP contribution in [0.5, 0.6) is 11.5 Å². The number of rotatable bonds is 10. The molecule has 0 fully saturated rings. The second-order valence-electron chi connectivity index (χ2n) is 7.53. The number of benzene rings is 3. The third-order valence-electron chi connectivity index (χ3n) is 5.21. The lowest BCUT2D eigenvalue weighted by Gasteiger charge is -2.11. The molecule has 178 valence electrons. The smallest absolute Gasteiger partial charge is 0.244 e. The molecule has 0 unspecified atom stereocenters. The van der Waals surface area contributed by atoms with Gasteiger partial charge in [-0.2, -0.15) is 0 Å². The van der Waals surface area contributed by atoms with Crippen LogP contribution in [0.4, 0.5) is 0 Å². The van der Waals surface area contributed by atoms with Crippen LogP contribution in [0.25, 0.3) is 11.8 Å². The quantitative estimate of drug-likeness (QED) is 0.254. The molecule has 0 aliphatic carbocycles. The van der Waals surface area contributed by atoms with Crippen molar-refractivity contribution in [3.63, 3.8) is 0 Å². The fourth-order valence-corrected chi connectivity index (χ4v) is 4.26. The van der Waals surface area contributed by atoms with Crippen molar-refractivity contribution in [1.29, 1.82) is 0 Å². The molecule has 0 bridgehead atoms. The summed E-state index contributed by atoms with van der Waals surface area (Å²) in [4.78, 5) is 12.5. The van der Waals surface area contributed by atoms with Gasteiger partial charge in [-0.15, -0.1) is 10.2 Å². The average molecular weight is 487 g/mol. The Balaban J connectivity index is 1.48. The zero-order chi connectivity index (χ0) is 24.5. The second-order valence-corrected chi connectivity index (χ2v) is 8.47. The predicted octanol–water partition coefficient (Wildman–Crippen LogP) is 4.91. The SMILES string of the molecule is COc1ccc(C=CC(=O)NCc2nnc(SCc3ccccc3)n2-c2ccc(OC)cc2)cc1. The highest BCUT2D eigenvalue weighted by atomic mass is 32.2. The topological polar surface area (TPSA) is 78.3 Å². The van der Waals surface area contributed by atoms with Gasteiger partial charge in [0.05, 0.1) is 20.8 Å². The van der Waals surface area contributed by atoms with Crippen LogP contribution in [0.15, 0.2) is 90.1 Å². The lowest BCUT2D eigenvalue weighted by Crippen LogP contribution is -2.22. The first kappa shape index (κ1) is 24.1. The van der Waals surface area contributed by atoms with E-state index in [0.29, 0.717) is 5.82 Å². The van der Waals surface area contributed by atoms with Crippen LogP contribution in [-0.4, -0.2) is 34.9 Å². The number of hydrogen-bond donors (Lipinski definition) is 1. The summed E-state index contributed by atoms with van der Waals surface area (Å²) in [6, 6.07) is 25.3. The second kappa shape index (κ2) is 11.9. The number of carbonyl (C=O) groups excluding carboxylic acids is 1. The summed E-state index contributed by atoms with van der Waals surface area (Å²) in [5, 5.41) is 12.4. The summed E-state index contributed by atoms with van der Waals surface area (Å²) < 4.78 is 12.4. The van der Waals surface area contributed by atoms with Gasteiger partial charge in [-0.25, -0.2) is 0 Å². The maximum Gasteiger partial charge on any atom is 0.244 e. The first-order chi connectivity index (χ1) is 17.2. The standard InChI is InChI=1S/C27H26N4O3S/c1-33-23-13-8-20(9-14-23)10-17-26(32)28-18-25-29-30-27(35-19-21-6-4-3-5-7-21)31(25)22-11-15-24(34-2)16-12-22/h3-17H,18-19H2,1-2H3,(H,28,32). The van der Waals surface area contributed by atoms with E-state index >= 15 is 0 Å². The number of ether oxygens (including phenoxy) is 2. The Morgan fingerprint density at radius 2 is 1.57 bits per heavy atom. The van der Waals surface area contributed by atoms with E-state index in [1.54, 1.807) is 32.1 Å². The van der Waals surface area contributed by atoms with Crippen molar-refractivity contribution in [3.8, 4) is 17.2 Å². The van der Waals surface area contributed by atoms with Gasteiger partial charge in [0.15, 0.2) is 11.0 Å². The van der Waals surface area contributed by atoms with Gasteiger partial charge >= 0.3 is 0 Å². The van der Waals surface area contributed by atoms with Crippen LogP contribution in [0.1, 0.15) is 17.0 Å². The monoisotopic (exact) mass is 486 g/mol. The molecule has 0 spiro atoms. The summed E-state index contributed by atoms with van der Waals surface area (Å²) in [6.07, 6.45) is 3.26. The first-order valence-corrected chi connectivity index (χ1v) is 12.0. The molecule has 1 heterocycles. The number of hydrogen-bond acceptors (Lipinski definition) is 6. The Labute approximate surface area is 208 Å². The van der Waals surface area contributed by atoms with Crippen molar-refractivity contribution in [2.45, 2.75) is 17.5 Å². The van der Waals surface area contributed by atoms with Gasteiger partial charge in [0.2, 0.25) is 5.91 Å². The molecule has 1 aromatic heterocycles. The Hall–Kier alpha value is -4.04. The maximum absolute atomic E-state index is 12.5. The van der Waals surface area contributed by atoms with E-state index in [9.17, 15) is 4.79 Å². The van der Waals surface area contributed by atoms with E-state index < -0.39 is 0 Å². The molecule has 1 N–H and O–H groups in total. The molecular formula is C27H26N4O3S.